The van der Waals surface area contributed by atoms with E-state index in [1.54, 1.807) is 0 Å². The molecule has 0 bridgehead atoms. The molecule has 1 heterocycles. The van der Waals surface area contributed by atoms with Crippen molar-refractivity contribution in [2.75, 3.05) is 19.8 Å². The number of Topliss-reactive ketones (excluding diaryl/α,β-unsaturated/α-hetero) is 1. The molecule has 0 aromatic rings. The number of ketones is 1. The molecule has 1 aliphatic rings. The van der Waals surface area contributed by atoms with Gasteiger partial charge < -0.3 is 36.0 Å². The molecule has 4 atom stereocenters. The van der Waals surface area contributed by atoms with Crippen LogP contribution in [0.5, 0.6) is 0 Å². The Labute approximate surface area is 121 Å². The van der Waals surface area contributed by atoms with Gasteiger partial charge in [-0.15, -0.1) is 0 Å². The average molecular weight is 309 g/mol. The number of aliphatic hydroxyl groups excluding tert-OH is 5. The minimum atomic E-state index is -1.86. The SMILES string of the molecule is O=C(CO)[C@@H](O)[C@H](O)[C@@H](O)CO.O=C(O)[C@@H]1CCCCN1. The van der Waals surface area contributed by atoms with Crippen molar-refractivity contribution in [1.29, 1.82) is 0 Å². The van der Waals surface area contributed by atoms with Crippen LogP contribution in [-0.4, -0.2) is 86.5 Å². The van der Waals surface area contributed by atoms with E-state index in [2.05, 4.69) is 5.32 Å². The van der Waals surface area contributed by atoms with Crippen LogP contribution in [-0.2, 0) is 9.59 Å². The molecule has 1 saturated heterocycles. The maximum absolute atomic E-state index is 10.5. The van der Waals surface area contributed by atoms with Crippen LogP contribution in [0.4, 0.5) is 0 Å². The lowest BCUT2D eigenvalue weighted by molar-refractivity contribution is -0.143. The van der Waals surface area contributed by atoms with Crippen LogP contribution >= 0.6 is 0 Å². The molecule has 124 valence electrons. The molecule has 0 amide bonds. The number of carboxylic acids is 1. The molecule has 0 radical (unpaired) electrons. The molecule has 9 heteroatoms. The zero-order chi connectivity index (χ0) is 16.4. The lowest BCUT2D eigenvalue weighted by Gasteiger charge is -2.19. The highest BCUT2D eigenvalue weighted by Crippen LogP contribution is 2.06. The van der Waals surface area contributed by atoms with Crippen molar-refractivity contribution >= 4 is 11.8 Å². The third-order valence-electron chi connectivity index (χ3n) is 3.00. The van der Waals surface area contributed by atoms with Crippen LogP contribution in [0.15, 0.2) is 0 Å². The molecule has 7 N–H and O–H groups in total. The summed E-state index contributed by atoms with van der Waals surface area (Å²) in [5.41, 5.74) is 0. The average Bonchev–Trinajstić information content (AvgIpc) is 2.53. The van der Waals surface area contributed by atoms with Crippen LogP contribution in [0.2, 0.25) is 0 Å². The van der Waals surface area contributed by atoms with Crippen molar-refractivity contribution in [2.24, 2.45) is 0 Å². The number of carboxylic acid groups (broad SMARTS) is 1. The van der Waals surface area contributed by atoms with Gasteiger partial charge in [-0.1, -0.05) is 6.42 Å². The normalized spacial score (nSPS) is 22.4. The largest absolute Gasteiger partial charge is 0.480 e. The Bertz CT molecular complexity index is 318. The summed E-state index contributed by atoms with van der Waals surface area (Å²) in [5.74, 6) is -1.72. The highest BCUT2D eigenvalue weighted by atomic mass is 16.4. The highest BCUT2D eigenvalue weighted by molar-refractivity contribution is 5.84. The predicted molar refractivity (Wildman–Crippen MR) is 70.5 cm³/mol. The van der Waals surface area contributed by atoms with Crippen molar-refractivity contribution in [1.82, 2.24) is 5.32 Å². The maximum Gasteiger partial charge on any atom is 0.320 e. The van der Waals surface area contributed by atoms with Crippen LogP contribution in [0.25, 0.3) is 0 Å². The molecular formula is C12H23NO8. The molecule has 0 aromatic carbocycles. The van der Waals surface area contributed by atoms with Gasteiger partial charge in [0.2, 0.25) is 0 Å². The van der Waals surface area contributed by atoms with Crippen LogP contribution in [0.3, 0.4) is 0 Å². The van der Waals surface area contributed by atoms with Crippen molar-refractivity contribution in [2.45, 2.75) is 43.6 Å². The number of rotatable bonds is 6. The van der Waals surface area contributed by atoms with Gasteiger partial charge in [0.1, 0.15) is 31.0 Å². The molecule has 1 fully saturated rings. The van der Waals surface area contributed by atoms with E-state index in [1.165, 1.54) is 0 Å². The third-order valence-corrected chi connectivity index (χ3v) is 3.00. The number of nitrogens with one attached hydrogen (secondary N) is 1. The number of carbonyl (C=O) groups excluding carboxylic acids is 1. The quantitative estimate of drug-likeness (QED) is 0.268. The van der Waals surface area contributed by atoms with Crippen LogP contribution in [0, 0.1) is 0 Å². The number of piperidine rings is 1. The minimum Gasteiger partial charge on any atom is -0.480 e. The zero-order valence-corrected chi connectivity index (χ0v) is 11.6. The van der Waals surface area contributed by atoms with Gasteiger partial charge in [-0.2, -0.15) is 0 Å². The molecule has 1 aliphatic heterocycles. The standard InChI is InChI=1S/C6H11NO2.C6H12O6/c8-6(9)5-3-1-2-4-7-5;7-1-3(9)5(11)6(12)4(10)2-8/h5,7H,1-4H2,(H,8,9);3,5-9,11-12H,1-2H2/t5-;3-,5+,6+/m00/s1. The minimum absolute atomic E-state index is 0.279. The molecule has 0 unspecified atom stereocenters. The molecule has 21 heavy (non-hydrogen) atoms. The third kappa shape index (κ3) is 7.46. The van der Waals surface area contributed by atoms with E-state index in [0.29, 0.717) is 0 Å². The summed E-state index contributed by atoms with van der Waals surface area (Å²) in [6.07, 6.45) is -2.27. The molecule has 0 spiro atoms. The fourth-order valence-electron chi connectivity index (χ4n) is 1.67. The zero-order valence-electron chi connectivity index (χ0n) is 11.6. The second-order valence-electron chi connectivity index (χ2n) is 4.65. The molecule has 0 aromatic heterocycles. The summed E-state index contributed by atoms with van der Waals surface area (Å²) >= 11 is 0. The summed E-state index contributed by atoms with van der Waals surface area (Å²) in [6, 6.07) is -0.279. The summed E-state index contributed by atoms with van der Waals surface area (Å²) < 4.78 is 0. The van der Waals surface area contributed by atoms with Gasteiger partial charge in [-0.3, -0.25) is 9.59 Å². The van der Waals surface area contributed by atoms with Gasteiger partial charge >= 0.3 is 5.97 Å². The van der Waals surface area contributed by atoms with E-state index in [0.717, 1.165) is 25.8 Å². The number of aliphatic carboxylic acids is 1. The Morgan fingerprint density at radius 1 is 1.14 bits per heavy atom. The van der Waals surface area contributed by atoms with Crippen molar-refractivity contribution in [3.05, 3.63) is 0 Å². The van der Waals surface area contributed by atoms with Gasteiger partial charge in [0.25, 0.3) is 0 Å². The lowest BCUT2D eigenvalue weighted by Crippen LogP contribution is -2.44. The van der Waals surface area contributed by atoms with E-state index < -0.39 is 43.3 Å². The summed E-state index contributed by atoms with van der Waals surface area (Å²) in [6.45, 7) is -0.829. The monoisotopic (exact) mass is 309 g/mol. The van der Waals surface area contributed by atoms with Crippen LogP contribution < -0.4 is 5.32 Å². The molecule has 9 nitrogen and oxygen atoms in total. The van der Waals surface area contributed by atoms with Gasteiger partial charge in [0.05, 0.1) is 6.61 Å². The van der Waals surface area contributed by atoms with E-state index in [1.807, 2.05) is 0 Å². The van der Waals surface area contributed by atoms with Gasteiger partial charge in [-0.25, -0.2) is 0 Å². The lowest BCUT2D eigenvalue weighted by atomic mass is 10.1. The Morgan fingerprint density at radius 2 is 1.76 bits per heavy atom. The second kappa shape index (κ2) is 10.6. The van der Waals surface area contributed by atoms with Crippen molar-refractivity contribution in [3.8, 4) is 0 Å². The van der Waals surface area contributed by atoms with Gasteiger partial charge in [0.15, 0.2) is 5.78 Å². The molecule has 0 saturated carbocycles. The maximum atomic E-state index is 10.5. The Kier molecular flexibility index (Phi) is 10.0. The fourth-order valence-corrected chi connectivity index (χ4v) is 1.67. The first-order chi connectivity index (χ1) is 9.84. The van der Waals surface area contributed by atoms with E-state index in [4.69, 9.17) is 30.6 Å². The van der Waals surface area contributed by atoms with E-state index in [-0.39, 0.29) is 6.04 Å². The second-order valence-corrected chi connectivity index (χ2v) is 4.65. The number of aliphatic hydroxyl groups is 5. The topological polar surface area (TPSA) is 168 Å². The number of hydrogen-bond acceptors (Lipinski definition) is 8. The molecular weight excluding hydrogens is 286 g/mol. The Balaban J connectivity index is 0.000000394. The molecule has 0 aliphatic carbocycles. The van der Waals surface area contributed by atoms with E-state index >= 15 is 0 Å². The fraction of sp³-hybridized carbons (Fsp3) is 0.833. The van der Waals surface area contributed by atoms with Crippen molar-refractivity contribution < 1.29 is 40.2 Å². The molecule has 1 rings (SSSR count). The van der Waals surface area contributed by atoms with E-state index in [9.17, 15) is 9.59 Å². The first-order valence-corrected chi connectivity index (χ1v) is 6.60. The van der Waals surface area contributed by atoms with Gasteiger partial charge in [0, 0.05) is 0 Å². The summed E-state index contributed by atoms with van der Waals surface area (Å²) in [5, 5.41) is 54.5. The Hall–Kier alpha value is -1.10. The summed E-state index contributed by atoms with van der Waals surface area (Å²) in [7, 11) is 0. The smallest absolute Gasteiger partial charge is 0.320 e. The Morgan fingerprint density at radius 3 is 2.10 bits per heavy atom. The first-order valence-electron chi connectivity index (χ1n) is 6.60. The number of hydrogen-bond donors (Lipinski definition) is 7. The predicted octanol–water partition coefficient (Wildman–Crippen LogP) is -3.16. The van der Waals surface area contributed by atoms with Crippen LogP contribution in [0.1, 0.15) is 19.3 Å². The number of carbonyl (C=O) groups is 2. The summed E-state index contributed by atoms with van der Waals surface area (Å²) in [4.78, 5) is 20.8. The van der Waals surface area contributed by atoms with Crippen molar-refractivity contribution in [3.63, 3.8) is 0 Å². The highest BCUT2D eigenvalue weighted by Gasteiger charge is 2.28. The first kappa shape index (κ1) is 19.9. The van der Waals surface area contributed by atoms with Gasteiger partial charge in [-0.05, 0) is 19.4 Å².